The Morgan fingerprint density at radius 3 is 2.23 bits per heavy atom. The topological polar surface area (TPSA) is 41.6 Å². The highest BCUT2D eigenvalue weighted by atomic mass is 16.5. The predicted molar refractivity (Wildman–Crippen MR) is 107 cm³/mol. The average molecular weight is 352 g/mol. The smallest absolute Gasteiger partial charge is 0.262 e. The summed E-state index contributed by atoms with van der Waals surface area (Å²) in [6.45, 7) is 8.32. The van der Waals surface area contributed by atoms with Crippen molar-refractivity contribution in [3.05, 3.63) is 53.1 Å². The predicted octanol–water partition coefficient (Wildman–Crippen LogP) is 4.62. The molecule has 1 N–H and O–H groups in total. The van der Waals surface area contributed by atoms with Gasteiger partial charge in [0, 0.05) is 24.5 Å². The molecular formula is C22H28N2O2. The molecule has 138 valence electrons. The number of aryl methyl sites for hydroxylation is 3. The van der Waals surface area contributed by atoms with Crippen molar-refractivity contribution in [2.45, 2.75) is 40.0 Å². The third-order valence-electron chi connectivity index (χ3n) is 4.82. The van der Waals surface area contributed by atoms with E-state index in [9.17, 15) is 4.79 Å². The van der Waals surface area contributed by atoms with Crippen LogP contribution in [0.3, 0.4) is 0 Å². The van der Waals surface area contributed by atoms with E-state index >= 15 is 0 Å². The number of rotatable bonds is 5. The fourth-order valence-electron chi connectivity index (χ4n) is 3.64. The zero-order valence-corrected chi connectivity index (χ0v) is 16.0. The molecule has 0 bridgehead atoms. The lowest BCUT2D eigenvalue weighted by atomic mass is 10.1. The summed E-state index contributed by atoms with van der Waals surface area (Å²) in [6.07, 6.45) is 3.84. The van der Waals surface area contributed by atoms with Crippen molar-refractivity contribution in [2.75, 3.05) is 29.9 Å². The summed E-state index contributed by atoms with van der Waals surface area (Å²) in [4.78, 5) is 14.6. The lowest BCUT2D eigenvalue weighted by Crippen LogP contribution is -2.29. The first-order valence-corrected chi connectivity index (χ1v) is 9.38. The molecule has 0 unspecified atom stereocenters. The van der Waals surface area contributed by atoms with Gasteiger partial charge in [0.1, 0.15) is 5.75 Å². The molecule has 26 heavy (non-hydrogen) atoms. The van der Waals surface area contributed by atoms with Gasteiger partial charge in [-0.25, -0.2) is 0 Å². The first-order chi connectivity index (χ1) is 12.5. The standard InChI is InChI=1S/C22H28N2O2/c1-16-13-17(2)22(18(3)14-16)26-15-21(25)23-19-7-9-20(10-8-19)24-11-5-4-6-12-24/h7-10,13-14H,4-6,11-12,15H2,1-3H3,(H,23,25). The molecule has 1 fully saturated rings. The molecule has 0 radical (unpaired) electrons. The van der Waals surface area contributed by atoms with Crippen molar-refractivity contribution in [3.8, 4) is 5.75 Å². The van der Waals surface area contributed by atoms with E-state index in [1.54, 1.807) is 0 Å². The summed E-state index contributed by atoms with van der Waals surface area (Å²) in [6, 6.07) is 12.2. The largest absolute Gasteiger partial charge is 0.483 e. The number of benzene rings is 2. The fraction of sp³-hybridized carbons (Fsp3) is 0.409. The first kappa shape index (κ1) is 18.3. The number of carbonyl (C=O) groups is 1. The maximum absolute atomic E-state index is 12.2. The number of ether oxygens (including phenoxy) is 1. The third-order valence-corrected chi connectivity index (χ3v) is 4.82. The van der Waals surface area contributed by atoms with Crippen LogP contribution in [-0.4, -0.2) is 25.6 Å². The van der Waals surface area contributed by atoms with Gasteiger partial charge < -0.3 is 15.0 Å². The maximum atomic E-state index is 12.2. The van der Waals surface area contributed by atoms with Crippen LogP contribution in [0.5, 0.6) is 5.75 Å². The lowest BCUT2D eigenvalue weighted by molar-refractivity contribution is -0.118. The Morgan fingerprint density at radius 2 is 1.62 bits per heavy atom. The normalized spacial score (nSPS) is 14.2. The number of nitrogens with one attached hydrogen (secondary N) is 1. The molecule has 0 saturated carbocycles. The maximum Gasteiger partial charge on any atom is 0.262 e. The van der Waals surface area contributed by atoms with E-state index < -0.39 is 0 Å². The van der Waals surface area contributed by atoms with Crippen LogP contribution in [0.4, 0.5) is 11.4 Å². The summed E-state index contributed by atoms with van der Waals surface area (Å²) >= 11 is 0. The minimum Gasteiger partial charge on any atom is -0.483 e. The molecule has 4 heteroatoms. The van der Waals surface area contributed by atoms with E-state index in [0.29, 0.717) is 0 Å². The summed E-state index contributed by atoms with van der Waals surface area (Å²) in [5.41, 5.74) is 5.34. The second kappa shape index (κ2) is 8.26. The van der Waals surface area contributed by atoms with Gasteiger partial charge in [-0.05, 0) is 75.4 Å². The average Bonchev–Trinajstić information content (AvgIpc) is 2.62. The Morgan fingerprint density at radius 1 is 1.00 bits per heavy atom. The van der Waals surface area contributed by atoms with Gasteiger partial charge >= 0.3 is 0 Å². The van der Waals surface area contributed by atoms with E-state index in [-0.39, 0.29) is 12.5 Å². The highest BCUT2D eigenvalue weighted by molar-refractivity contribution is 5.92. The molecule has 0 atom stereocenters. The molecule has 1 saturated heterocycles. The molecule has 2 aromatic rings. The van der Waals surface area contributed by atoms with Gasteiger partial charge in [-0.3, -0.25) is 4.79 Å². The molecule has 1 amide bonds. The minimum absolute atomic E-state index is 0.0125. The van der Waals surface area contributed by atoms with Gasteiger partial charge in [0.25, 0.3) is 5.91 Å². The van der Waals surface area contributed by atoms with Crippen LogP contribution in [0.1, 0.15) is 36.0 Å². The van der Waals surface area contributed by atoms with E-state index in [0.717, 1.165) is 35.7 Å². The summed E-state index contributed by atoms with van der Waals surface area (Å²) in [5.74, 6) is 0.654. The van der Waals surface area contributed by atoms with Crippen LogP contribution in [-0.2, 0) is 4.79 Å². The second-order valence-corrected chi connectivity index (χ2v) is 7.16. The van der Waals surface area contributed by atoms with Crippen molar-refractivity contribution >= 4 is 17.3 Å². The Hall–Kier alpha value is -2.49. The Balaban J connectivity index is 1.55. The summed E-state index contributed by atoms with van der Waals surface area (Å²) in [7, 11) is 0. The van der Waals surface area contributed by atoms with Crippen LogP contribution < -0.4 is 15.0 Å². The third kappa shape index (κ3) is 4.57. The van der Waals surface area contributed by atoms with E-state index in [4.69, 9.17) is 4.74 Å². The number of piperidine rings is 1. The molecule has 1 aliphatic heterocycles. The highest BCUT2D eigenvalue weighted by Crippen LogP contribution is 2.25. The zero-order valence-electron chi connectivity index (χ0n) is 16.0. The molecule has 0 aromatic heterocycles. The van der Waals surface area contributed by atoms with Gasteiger partial charge in [0.2, 0.25) is 0 Å². The molecule has 0 aliphatic carbocycles. The SMILES string of the molecule is Cc1cc(C)c(OCC(=O)Nc2ccc(N3CCCCC3)cc2)c(C)c1. The number of carbonyl (C=O) groups excluding carboxylic acids is 1. The van der Waals surface area contributed by atoms with Crippen molar-refractivity contribution in [1.82, 2.24) is 0 Å². The van der Waals surface area contributed by atoms with Crippen LogP contribution in [0.15, 0.2) is 36.4 Å². The van der Waals surface area contributed by atoms with Crippen molar-refractivity contribution < 1.29 is 9.53 Å². The second-order valence-electron chi connectivity index (χ2n) is 7.16. The fourth-order valence-corrected chi connectivity index (χ4v) is 3.64. The quantitative estimate of drug-likeness (QED) is 0.854. The van der Waals surface area contributed by atoms with Gasteiger partial charge in [-0.2, -0.15) is 0 Å². The van der Waals surface area contributed by atoms with E-state index in [1.165, 1.54) is 30.5 Å². The first-order valence-electron chi connectivity index (χ1n) is 9.38. The van der Waals surface area contributed by atoms with Gasteiger partial charge in [0.15, 0.2) is 6.61 Å². The number of amides is 1. The molecule has 3 rings (SSSR count). The van der Waals surface area contributed by atoms with Crippen molar-refractivity contribution in [3.63, 3.8) is 0 Å². The van der Waals surface area contributed by atoms with Gasteiger partial charge in [-0.1, -0.05) is 17.7 Å². The number of hydrogen-bond acceptors (Lipinski definition) is 3. The molecular weight excluding hydrogens is 324 g/mol. The van der Waals surface area contributed by atoms with Crippen LogP contribution >= 0.6 is 0 Å². The molecule has 0 spiro atoms. The van der Waals surface area contributed by atoms with Crippen LogP contribution in [0, 0.1) is 20.8 Å². The Kier molecular flexibility index (Phi) is 5.82. The number of anilines is 2. The van der Waals surface area contributed by atoms with E-state index in [2.05, 4.69) is 41.4 Å². The summed E-state index contributed by atoms with van der Waals surface area (Å²) < 4.78 is 5.76. The number of hydrogen-bond donors (Lipinski definition) is 1. The molecule has 1 heterocycles. The van der Waals surface area contributed by atoms with Gasteiger partial charge in [-0.15, -0.1) is 0 Å². The zero-order chi connectivity index (χ0) is 18.5. The number of nitrogens with zero attached hydrogens (tertiary/aromatic N) is 1. The molecule has 4 nitrogen and oxygen atoms in total. The van der Waals surface area contributed by atoms with E-state index in [1.807, 2.05) is 26.0 Å². The Labute approximate surface area is 156 Å². The minimum atomic E-state index is -0.143. The van der Waals surface area contributed by atoms with Crippen LogP contribution in [0.2, 0.25) is 0 Å². The Bertz CT molecular complexity index is 739. The molecule has 1 aliphatic rings. The van der Waals surface area contributed by atoms with Crippen molar-refractivity contribution in [2.24, 2.45) is 0 Å². The lowest BCUT2D eigenvalue weighted by Gasteiger charge is -2.28. The monoisotopic (exact) mass is 352 g/mol. The summed E-state index contributed by atoms with van der Waals surface area (Å²) in [5, 5.41) is 2.91. The van der Waals surface area contributed by atoms with Crippen molar-refractivity contribution in [1.29, 1.82) is 0 Å². The van der Waals surface area contributed by atoms with Gasteiger partial charge in [0.05, 0.1) is 0 Å². The highest BCUT2D eigenvalue weighted by Gasteiger charge is 2.12. The molecule has 2 aromatic carbocycles. The van der Waals surface area contributed by atoms with Crippen LogP contribution in [0.25, 0.3) is 0 Å².